The van der Waals surface area contributed by atoms with Crippen molar-refractivity contribution >= 4 is 32.7 Å². The summed E-state index contributed by atoms with van der Waals surface area (Å²) in [7, 11) is 0.974. The molecular formula is C22H25ClFN3O3S. The lowest BCUT2D eigenvalue weighted by molar-refractivity contribution is 0.415. The van der Waals surface area contributed by atoms with Crippen LogP contribution in [-0.4, -0.2) is 45.0 Å². The standard InChI is InChI=1S/C22H25ClFN3O3S/c1-15-22(16-6-5-7-19(12-16)31(28,29)26(2)3)20-13-18(30-4)8-9-21(20)27(15)14-17(24)10-11-25-23/h5-10,12-13,25H,11,14H2,1-4H3/b17-10-. The monoisotopic (exact) mass is 465 g/mol. The van der Waals surface area contributed by atoms with Crippen LogP contribution in [0.5, 0.6) is 5.75 Å². The fourth-order valence-corrected chi connectivity index (χ4v) is 4.57. The van der Waals surface area contributed by atoms with Crippen LogP contribution in [0.2, 0.25) is 0 Å². The molecule has 0 saturated heterocycles. The van der Waals surface area contributed by atoms with E-state index in [1.165, 1.54) is 24.5 Å². The molecule has 31 heavy (non-hydrogen) atoms. The van der Waals surface area contributed by atoms with Gasteiger partial charge in [0.05, 0.1) is 18.6 Å². The lowest BCUT2D eigenvalue weighted by Crippen LogP contribution is -2.22. The second kappa shape index (κ2) is 9.40. The minimum atomic E-state index is -3.60. The van der Waals surface area contributed by atoms with Gasteiger partial charge in [-0.3, -0.25) is 0 Å². The highest BCUT2D eigenvalue weighted by Crippen LogP contribution is 2.38. The Kier molecular flexibility index (Phi) is 7.06. The van der Waals surface area contributed by atoms with Gasteiger partial charge >= 0.3 is 0 Å². The van der Waals surface area contributed by atoms with Gasteiger partial charge in [-0.25, -0.2) is 21.9 Å². The van der Waals surface area contributed by atoms with Crippen molar-refractivity contribution in [1.82, 2.24) is 13.7 Å². The average molecular weight is 466 g/mol. The molecule has 2 aromatic carbocycles. The molecule has 1 heterocycles. The van der Waals surface area contributed by atoms with E-state index in [4.69, 9.17) is 16.5 Å². The maximum Gasteiger partial charge on any atom is 0.242 e. The van der Waals surface area contributed by atoms with E-state index in [2.05, 4.69) is 4.84 Å². The van der Waals surface area contributed by atoms with Gasteiger partial charge in [0.15, 0.2) is 0 Å². The largest absolute Gasteiger partial charge is 0.497 e. The van der Waals surface area contributed by atoms with Gasteiger partial charge in [-0.1, -0.05) is 12.1 Å². The van der Waals surface area contributed by atoms with Crippen LogP contribution in [0.4, 0.5) is 4.39 Å². The summed E-state index contributed by atoms with van der Waals surface area (Å²) in [5, 5.41) is 0.847. The molecule has 0 aliphatic carbocycles. The van der Waals surface area contributed by atoms with Crippen LogP contribution in [0.1, 0.15) is 5.69 Å². The molecule has 0 spiro atoms. The van der Waals surface area contributed by atoms with Crippen molar-refractivity contribution in [3.8, 4) is 16.9 Å². The van der Waals surface area contributed by atoms with Crippen LogP contribution in [0.3, 0.4) is 0 Å². The zero-order valence-electron chi connectivity index (χ0n) is 17.8. The van der Waals surface area contributed by atoms with Crippen LogP contribution < -0.4 is 9.57 Å². The third-order valence-corrected chi connectivity index (χ3v) is 7.11. The number of fused-ring (bicyclic) bond motifs is 1. The number of nitrogens with zero attached hydrogens (tertiary/aromatic N) is 2. The summed E-state index contributed by atoms with van der Waals surface area (Å²) < 4.78 is 48.2. The summed E-state index contributed by atoms with van der Waals surface area (Å²) in [4.78, 5) is 2.57. The Hall–Kier alpha value is -2.39. The highest BCUT2D eigenvalue weighted by molar-refractivity contribution is 7.89. The Balaban J connectivity index is 2.24. The minimum absolute atomic E-state index is 0.0307. The van der Waals surface area contributed by atoms with Gasteiger partial charge in [0, 0.05) is 42.8 Å². The fourth-order valence-electron chi connectivity index (χ4n) is 3.54. The Morgan fingerprint density at radius 1 is 1.26 bits per heavy atom. The fraction of sp³-hybridized carbons (Fsp3) is 0.273. The quantitative estimate of drug-likeness (QED) is 0.498. The molecule has 3 rings (SSSR count). The van der Waals surface area contributed by atoms with Crippen LogP contribution >= 0.6 is 11.8 Å². The Morgan fingerprint density at radius 2 is 2.00 bits per heavy atom. The van der Waals surface area contributed by atoms with Gasteiger partial charge in [0.25, 0.3) is 0 Å². The van der Waals surface area contributed by atoms with Crippen molar-refractivity contribution in [2.24, 2.45) is 0 Å². The van der Waals surface area contributed by atoms with E-state index in [9.17, 15) is 12.8 Å². The van der Waals surface area contributed by atoms with E-state index in [0.717, 1.165) is 27.7 Å². The molecule has 9 heteroatoms. The SMILES string of the molecule is COc1ccc2c(c1)c(-c1cccc(S(=O)(=O)N(C)C)c1)c(C)n2C/C(F)=C/CNCl. The molecule has 0 unspecified atom stereocenters. The maximum atomic E-state index is 14.5. The molecule has 0 aliphatic heterocycles. The summed E-state index contributed by atoms with van der Waals surface area (Å²) in [5.74, 6) is 0.324. The first-order valence-electron chi connectivity index (χ1n) is 9.58. The molecule has 6 nitrogen and oxygen atoms in total. The number of hydrogen-bond donors (Lipinski definition) is 1. The lowest BCUT2D eigenvalue weighted by Gasteiger charge is -2.13. The van der Waals surface area contributed by atoms with Crippen molar-refractivity contribution < 1.29 is 17.5 Å². The van der Waals surface area contributed by atoms with E-state index in [-0.39, 0.29) is 23.8 Å². The number of sulfonamides is 1. The second-order valence-electron chi connectivity index (χ2n) is 7.23. The first-order chi connectivity index (χ1) is 14.7. The first kappa shape index (κ1) is 23.3. The van der Waals surface area contributed by atoms with E-state index in [1.807, 2.05) is 35.8 Å². The van der Waals surface area contributed by atoms with Crippen molar-refractivity contribution in [2.45, 2.75) is 18.4 Å². The van der Waals surface area contributed by atoms with Crippen LogP contribution in [0.25, 0.3) is 22.0 Å². The first-order valence-corrected chi connectivity index (χ1v) is 11.4. The van der Waals surface area contributed by atoms with Crippen molar-refractivity contribution in [1.29, 1.82) is 0 Å². The molecule has 0 saturated carbocycles. The topological polar surface area (TPSA) is 63.6 Å². The zero-order chi connectivity index (χ0) is 22.8. The molecule has 0 atom stereocenters. The van der Waals surface area contributed by atoms with Crippen LogP contribution in [0.15, 0.2) is 59.3 Å². The van der Waals surface area contributed by atoms with Crippen molar-refractivity contribution in [2.75, 3.05) is 27.7 Å². The number of nitrogens with one attached hydrogen (secondary N) is 1. The average Bonchev–Trinajstić information content (AvgIpc) is 3.02. The predicted octanol–water partition coefficient (Wildman–Crippen LogP) is 4.47. The van der Waals surface area contributed by atoms with Gasteiger partial charge in [0.1, 0.15) is 11.6 Å². The van der Waals surface area contributed by atoms with Crippen LogP contribution in [-0.2, 0) is 16.6 Å². The molecule has 166 valence electrons. The third-order valence-electron chi connectivity index (χ3n) is 5.14. The number of aromatic nitrogens is 1. The smallest absolute Gasteiger partial charge is 0.242 e. The number of halogens is 2. The van der Waals surface area contributed by atoms with Gasteiger partial charge in [-0.2, -0.15) is 0 Å². The predicted molar refractivity (Wildman–Crippen MR) is 123 cm³/mol. The number of methoxy groups -OCH3 is 1. The molecule has 0 bridgehead atoms. The maximum absolute atomic E-state index is 14.5. The summed E-state index contributed by atoms with van der Waals surface area (Å²) in [5.41, 5.74) is 3.18. The number of benzene rings is 2. The van der Waals surface area contributed by atoms with Gasteiger partial charge in [-0.05, 0) is 60.7 Å². The summed E-state index contributed by atoms with van der Waals surface area (Å²) in [6.07, 6.45) is 1.38. The highest BCUT2D eigenvalue weighted by Gasteiger charge is 2.21. The third kappa shape index (κ3) is 4.62. The van der Waals surface area contributed by atoms with E-state index < -0.39 is 10.0 Å². The molecule has 0 aliphatic rings. The van der Waals surface area contributed by atoms with Gasteiger partial charge < -0.3 is 9.30 Å². The zero-order valence-corrected chi connectivity index (χ0v) is 19.4. The molecule has 1 N–H and O–H groups in total. The van der Waals surface area contributed by atoms with E-state index in [0.29, 0.717) is 5.75 Å². The Labute approximate surface area is 187 Å². The number of allylic oxidation sites excluding steroid dienone is 1. The minimum Gasteiger partial charge on any atom is -0.497 e. The second-order valence-corrected chi connectivity index (χ2v) is 9.65. The number of rotatable bonds is 8. The molecule has 1 aromatic heterocycles. The lowest BCUT2D eigenvalue weighted by atomic mass is 10.0. The number of ether oxygens (including phenoxy) is 1. The summed E-state index contributed by atoms with van der Waals surface area (Å²) >= 11 is 5.43. The molecule has 0 radical (unpaired) electrons. The number of hydrogen-bond acceptors (Lipinski definition) is 4. The van der Waals surface area contributed by atoms with E-state index in [1.54, 1.807) is 25.3 Å². The Morgan fingerprint density at radius 3 is 2.65 bits per heavy atom. The molecule has 0 fully saturated rings. The molecule has 0 amide bonds. The van der Waals surface area contributed by atoms with Crippen molar-refractivity contribution in [3.63, 3.8) is 0 Å². The highest BCUT2D eigenvalue weighted by atomic mass is 35.5. The normalized spacial score (nSPS) is 12.7. The van der Waals surface area contributed by atoms with Crippen molar-refractivity contribution in [3.05, 3.63) is 60.1 Å². The van der Waals surface area contributed by atoms with Gasteiger partial charge in [-0.15, -0.1) is 0 Å². The molecule has 3 aromatic rings. The van der Waals surface area contributed by atoms with Crippen LogP contribution in [0, 0.1) is 6.92 Å². The summed E-state index contributed by atoms with van der Waals surface area (Å²) in [6.45, 7) is 2.13. The van der Waals surface area contributed by atoms with E-state index >= 15 is 0 Å². The molecular weight excluding hydrogens is 441 g/mol. The van der Waals surface area contributed by atoms with Gasteiger partial charge in [0.2, 0.25) is 10.0 Å². The summed E-state index contributed by atoms with van der Waals surface area (Å²) in [6, 6.07) is 12.3. The Bertz CT molecular complexity index is 1240.